The zero-order valence-electron chi connectivity index (χ0n) is 15.9. The number of benzene rings is 2. The summed E-state index contributed by atoms with van der Waals surface area (Å²) in [4.78, 5) is 12.9. The first-order valence-electron chi connectivity index (χ1n) is 9.72. The number of carbonyl (C=O) groups excluding carboxylic acids is 1. The number of hydrogen-bond donors (Lipinski definition) is 3. The molecule has 6 nitrogen and oxygen atoms in total. The zero-order chi connectivity index (χ0) is 20.6. The number of rotatable bonds is 5. The largest absolute Gasteiger partial charge is 0.343 e. The number of carbonyl (C=O) groups is 1. The Labute approximate surface area is 175 Å². The first-order chi connectivity index (χ1) is 13.8. The lowest BCUT2D eigenvalue weighted by Gasteiger charge is -2.52. The van der Waals surface area contributed by atoms with Crippen molar-refractivity contribution in [1.29, 1.82) is 0 Å². The molecule has 1 atom stereocenters. The number of amides is 1. The smallest absolute Gasteiger partial charge is 0.251 e. The average Bonchev–Trinajstić information content (AvgIpc) is 2.73. The average molecular weight is 434 g/mol. The lowest BCUT2D eigenvalue weighted by molar-refractivity contribution is 0.0676. The number of nitrogens with two attached hydrogens (primary N) is 1. The van der Waals surface area contributed by atoms with Gasteiger partial charge in [-0.3, -0.25) is 4.79 Å². The minimum atomic E-state index is -4.03. The highest BCUT2D eigenvalue weighted by molar-refractivity contribution is 7.89. The summed E-state index contributed by atoms with van der Waals surface area (Å²) in [5.74, 6) is 0.349. The van der Waals surface area contributed by atoms with Crippen LogP contribution in [0.4, 0.5) is 0 Å². The lowest BCUT2D eigenvalue weighted by Crippen LogP contribution is -2.62. The molecule has 29 heavy (non-hydrogen) atoms. The van der Waals surface area contributed by atoms with Gasteiger partial charge < -0.3 is 10.6 Å². The monoisotopic (exact) mass is 433 g/mol. The Kier molecular flexibility index (Phi) is 5.42. The molecule has 1 aliphatic carbocycles. The van der Waals surface area contributed by atoms with E-state index in [1.165, 1.54) is 18.2 Å². The van der Waals surface area contributed by atoms with Crippen molar-refractivity contribution in [1.82, 2.24) is 10.6 Å². The number of piperidine rings is 2. The summed E-state index contributed by atoms with van der Waals surface area (Å²) in [6, 6.07) is 13.8. The van der Waals surface area contributed by atoms with Crippen LogP contribution in [0.15, 0.2) is 53.4 Å². The van der Waals surface area contributed by atoms with Gasteiger partial charge in [0.25, 0.3) is 5.91 Å². The van der Waals surface area contributed by atoms with Gasteiger partial charge in [0.2, 0.25) is 10.0 Å². The van der Waals surface area contributed by atoms with Crippen LogP contribution >= 0.6 is 11.6 Å². The van der Waals surface area contributed by atoms with Crippen LogP contribution in [0.25, 0.3) is 0 Å². The van der Waals surface area contributed by atoms with Gasteiger partial charge in [0.1, 0.15) is 4.90 Å². The minimum Gasteiger partial charge on any atom is -0.343 e. The highest BCUT2D eigenvalue weighted by Gasteiger charge is 2.46. The third-order valence-electron chi connectivity index (χ3n) is 6.20. The van der Waals surface area contributed by atoms with E-state index in [2.05, 4.69) is 10.6 Å². The topological polar surface area (TPSA) is 101 Å². The number of nitrogens with one attached hydrogen (secondary N) is 2. The molecule has 0 aromatic heterocycles. The van der Waals surface area contributed by atoms with Gasteiger partial charge in [0, 0.05) is 11.1 Å². The van der Waals surface area contributed by atoms with Gasteiger partial charge in [0.05, 0.1) is 11.1 Å². The van der Waals surface area contributed by atoms with Gasteiger partial charge in [-0.2, -0.15) is 0 Å². The fourth-order valence-electron chi connectivity index (χ4n) is 4.58. The van der Waals surface area contributed by atoms with Crippen molar-refractivity contribution < 1.29 is 13.2 Å². The van der Waals surface area contributed by atoms with Crippen molar-refractivity contribution in [2.45, 2.75) is 42.2 Å². The minimum absolute atomic E-state index is 0.00507. The molecule has 2 bridgehead atoms. The van der Waals surface area contributed by atoms with Crippen LogP contribution in [0.2, 0.25) is 5.02 Å². The second-order valence-corrected chi connectivity index (χ2v) is 9.92. The van der Waals surface area contributed by atoms with E-state index in [0.717, 1.165) is 37.8 Å². The molecule has 3 aliphatic rings. The van der Waals surface area contributed by atoms with E-state index in [1.54, 1.807) is 0 Å². The van der Waals surface area contributed by atoms with E-state index in [4.69, 9.17) is 16.7 Å². The maximum atomic E-state index is 13.1. The fourth-order valence-corrected chi connectivity index (χ4v) is 5.65. The molecule has 1 saturated carbocycles. The van der Waals surface area contributed by atoms with Crippen LogP contribution < -0.4 is 15.8 Å². The molecular weight excluding hydrogens is 410 g/mol. The molecule has 2 saturated heterocycles. The fraction of sp³-hybridized carbons (Fsp3) is 0.381. The Morgan fingerprint density at radius 2 is 1.86 bits per heavy atom. The van der Waals surface area contributed by atoms with Gasteiger partial charge in [-0.05, 0) is 61.9 Å². The van der Waals surface area contributed by atoms with Crippen LogP contribution in [0.1, 0.15) is 47.6 Å². The molecule has 154 valence electrons. The number of halogens is 1. The molecule has 2 aromatic rings. The van der Waals surface area contributed by atoms with Crippen LogP contribution in [0.5, 0.6) is 0 Å². The van der Waals surface area contributed by atoms with Crippen molar-refractivity contribution in [3.63, 3.8) is 0 Å². The number of primary sulfonamides is 1. The molecule has 0 radical (unpaired) electrons. The van der Waals surface area contributed by atoms with E-state index in [-0.39, 0.29) is 33.0 Å². The van der Waals surface area contributed by atoms with Crippen LogP contribution in [0.3, 0.4) is 0 Å². The van der Waals surface area contributed by atoms with Crippen molar-refractivity contribution >= 4 is 27.5 Å². The van der Waals surface area contributed by atoms with Gasteiger partial charge in [0.15, 0.2) is 0 Å². The Balaban J connectivity index is 1.68. The molecule has 2 aromatic carbocycles. The predicted octanol–water partition coefficient (Wildman–Crippen LogP) is 2.99. The summed E-state index contributed by atoms with van der Waals surface area (Å²) in [5, 5.41) is 12.1. The third kappa shape index (κ3) is 4.05. The maximum Gasteiger partial charge on any atom is 0.251 e. The van der Waals surface area contributed by atoms with Crippen molar-refractivity contribution in [2.24, 2.45) is 11.1 Å². The molecule has 0 spiro atoms. The summed E-state index contributed by atoms with van der Waals surface area (Å²) < 4.78 is 23.5. The van der Waals surface area contributed by atoms with E-state index in [9.17, 15) is 13.2 Å². The first kappa shape index (κ1) is 20.3. The number of hydrogen-bond acceptors (Lipinski definition) is 4. The lowest BCUT2D eigenvalue weighted by atomic mass is 9.67. The van der Waals surface area contributed by atoms with E-state index in [0.29, 0.717) is 5.92 Å². The number of fused-ring (bicyclic) bond motifs is 3. The predicted molar refractivity (Wildman–Crippen MR) is 112 cm³/mol. The summed E-state index contributed by atoms with van der Waals surface area (Å²) >= 11 is 5.96. The zero-order valence-corrected chi connectivity index (χ0v) is 17.5. The third-order valence-corrected chi connectivity index (χ3v) is 7.59. The summed E-state index contributed by atoms with van der Waals surface area (Å²) in [7, 11) is -4.03. The Morgan fingerprint density at radius 3 is 2.45 bits per heavy atom. The summed E-state index contributed by atoms with van der Waals surface area (Å²) in [6.07, 6.45) is 4.26. The van der Waals surface area contributed by atoms with E-state index >= 15 is 0 Å². The van der Waals surface area contributed by atoms with Gasteiger partial charge in [-0.15, -0.1) is 0 Å². The molecule has 1 amide bonds. The van der Waals surface area contributed by atoms with Gasteiger partial charge in [-0.25, -0.2) is 13.6 Å². The maximum absolute atomic E-state index is 13.1. The van der Waals surface area contributed by atoms with Crippen LogP contribution in [-0.2, 0) is 10.0 Å². The molecule has 3 fully saturated rings. The van der Waals surface area contributed by atoms with Gasteiger partial charge >= 0.3 is 0 Å². The molecule has 4 N–H and O–H groups in total. The van der Waals surface area contributed by atoms with E-state index < -0.39 is 10.0 Å². The molecule has 2 heterocycles. The molecule has 1 unspecified atom stereocenters. The van der Waals surface area contributed by atoms with Crippen molar-refractivity contribution in [3.8, 4) is 0 Å². The summed E-state index contributed by atoms with van der Waals surface area (Å²) in [6.45, 7) is 0.954. The summed E-state index contributed by atoms with van der Waals surface area (Å²) in [5.41, 5.74) is 1.02. The van der Waals surface area contributed by atoms with Gasteiger partial charge in [-0.1, -0.05) is 41.9 Å². The van der Waals surface area contributed by atoms with Crippen LogP contribution in [0, 0.1) is 5.92 Å². The van der Waals surface area contributed by atoms with Crippen molar-refractivity contribution in [3.05, 3.63) is 64.7 Å². The Bertz CT molecular complexity index is 1000. The molecular formula is C21H24ClN3O3S. The molecule has 5 rings (SSSR count). The first-order valence-corrected chi connectivity index (χ1v) is 11.6. The number of sulfonamides is 1. The quantitative estimate of drug-likeness (QED) is 0.674. The Morgan fingerprint density at radius 1 is 1.17 bits per heavy atom. The SMILES string of the molecule is NS(=O)(=O)c1cc(C(=O)NC(c2ccccc2)C23CCC(CC2)CN3)ccc1Cl. The van der Waals surface area contributed by atoms with Crippen molar-refractivity contribution in [2.75, 3.05) is 6.54 Å². The molecule has 8 heteroatoms. The second kappa shape index (κ2) is 7.72. The normalized spacial score (nSPS) is 24.8. The van der Waals surface area contributed by atoms with E-state index in [1.807, 2.05) is 30.3 Å². The standard InChI is InChI=1S/C21H24ClN3O3S/c22-17-7-6-16(12-18(17)29(23,27)28)20(26)25-19(15-4-2-1-3-5-15)21-10-8-14(9-11-21)13-24-21/h1-7,12,14,19,24H,8-11,13H2,(H,25,26)(H2,23,27,28). The highest BCUT2D eigenvalue weighted by Crippen LogP contribution is 2.44. The molecule has 2 aliphatic heterocycles. The Hall–Kier alpha value is -1.93. The van der Waals surface area contributed by atoms with Crippen LogP contribution in [-0.4, -0.2) is 26.4 Å². The second-order valence-electron chi connectivity index (χ2n) is 7.99. The highest BCUT2D eigenvalue weighted by atomic mass is 35.5.